The Bertz CT molecular complexity index is 2380. The zero-order valence-corrected chi connectivity index (χ0v) is 22.7. The van der Waals surface area contributed by atoms with Crippen LogP contribution < -0.4 is 0 Å². The van der Waals surface area contributed by atoms with Gasteiger partial charge in [0.15, 0.2) is 0 Å². The van der Waals surface area contributed by atoms with Gasteiger partial charge in [0, 0.05) is 16.3 Å². The molecule has 0 bridgehead atoms. The van der Waals surface area contributed by atoms with Crippen LogP contribution in [0, 0.1) is 0 Å². The van der Waals surface area contributed by atoms with Crippen LogP contribution in [0.3, 0.4) is 0 Å². The first-order valence-corrected chi connectivity index (χ1v) is 14.3. The standard InChI is InChI=1S/C40H24O2/c1-2-10-26(11-3-1)37-29-13-4-6-15-31(29)38(32-16-7-5-14-30(32)37)27-20-18-25(19-21-27)34-24-35-28-12-8-9-17-36(28)42-40(35)33-22-23-41-39(33)34/h1-24H. The van der Waals surface area contributed by atoms with Gasteiger partial charge in [-0.3, -0.25) is 0 Å². The van der Waals surface area contributed by atoms with Crippen molar-refractivity contribution in [1.29, 1.82) is 0 Å². The lowest BCUT2D eigenvalue weighted by Crippen LogP contribution is -1.90. The second-order valence-electron chi connectivity index (χ2n) is 10.8. The fourth-order valence-corrected chi connectivity index (χ4v) is 6.70. The van der Waals surface area contributed by atoms with E-state index >= 15 is 0 Å². The lowest BCUT2D eigenvalue weighted by atomic mass is 9.85. The van der Waals surface area contributed by atoms with Gasteiger partial charge >= 0.3 is 0 Å². The van der Waals surface area contributed by atoms with Gasteiger partial charge in [-0.25, -0.2) is 0 Å². The summed E-state index contributed by atoms with van der Waals surface area (Å²) in [5, 5.41) is 8.24. The Labute approximate surface area is 242 Å². The molecule has 42 heavy (non-hydrogen) atoms. The molecule has 0 N–H and O–H groups in total. The van der Waals surface area contributed by atoms with Crippen LogP contribution in [0.25, 0.3) is 87.8 Å². The molecule has 0 unspecified atom stereocenters. The zero-order valence-electron chi connectivity index (χ0n) is 22.7. The first-order chi connectivity index (χ1) is 20.8. The Hall–Kier alpha value is -5.60. The van der Waals surface area contributed by atoms with Gasteiger partial charge in [-0.15, -0.1) is 0 Å². The largest absolute Gasteiger partial charge is 0.464 e. The minimum absolute atomic E-state index is 0.845. The van der Waals surface area contributed by atoms with Gasteiger partial charge in [-0.2, -0.15) is 0 Å². The molecular weight excluding hydrogens is 512 g/mol. The van der Waals surface area contributed by atoms with Crippen molar-refractivity contribution in [1.82, 2.24) is 0 Å². The van der Waals surface area contributed by atoms with Gasteiger partial charge in [0.2, 0.25) is 0 Å². The maximum Gasteiger partial charge on any atom is 0.146 e. The normalized spacial score (nSPS) is 11.8. The minimum atomic E-state index is 0.845. The third kappa shape index (κ3) is 3.33. The summed E-state index contributed by atoms with van der Waals surface area (Å²) in [5.74, 6) is 0. The third-order valence-electron chi connectivity index (χ3n) is 8.56. The smallest absolute Gasteiger partial charge is 0.146 e. The van der Waals surface area contributed by atoms with Crippen molar-refractivity contribution in [3.8, 4) is 33.4 Å². The summed E-state index contributed by atoms with van der Waals surface area (Å²) in [7, 11) is 0. The molecule has 2 heteroatoms. The van der Waals surface area contributed by atoms with E-state index in [1.807, 2.05) is 18.2 Å². The third-order valence-corrected chi connectivity index (χ3v) is 8.56. The molecule has 7 aromatic carbocycles. The Kier molecular flexibility index (Phi) is 4.93. The van der Waals surface area contributed by atoms with E-state index < -0.39 is 0 Å². The summed E-state index contributed by atoms with van der Waals surface area (Å²) < 4.78 is 12.3. The fourth-order valence-electron chi connectivity index (χ4n) is 6.70. The summed E-state index contributed by atoms with van der Waals surface area (Å²) in [6, 6.07) is 49.6. The van der Waals surface area contributed by atoms with Crippen LogP contribution in [0.5, 0.6) is 0 Å². The molecule has 2 nitrogen and oxygen atoms in total. The van der Waals surface area contributed by atoms with Crippen LogP contribution in [-0.4, -0.2) is 0 Å². The highest BCUT2D eigenvalue weighted by molar-refractivity contribution is 6.22. The van der Waals surface area contributed by atoms with Crippen LogP contribution in [-0.2, 0) is 0 Å². The van der Waals surface area contributed by atoms with Crippen LogP contribution >= 0.6 is 0 Å². The Morgan fingerprint density at radius 1 is 0.357 bits per heavy atom. The van der Waals surface area contributed by atoms with Crippen LogP contribution in [0.4, 0.5) is 0 Å². The molecule has 0 spiro atoms. The maximum atomic E-state index is 6.26. The molecule has 0 amide bonds. The van der Waals surface area contributed by atoms with Crippen molar-refractivity contribution in [3.05, 3.63) is 146 Å². The second kappa shape index (κ2) is 8.95. The first-order valence-electron chi connectivity index (χ1n) is 14.3. The van der Waals surface area contributed by atoms with E-state index in [0.717, 1.165) is 44.0 Å². The van der Waals surface area contributed by atoms with Crippen LogP contribution in [0.1, 0.15) is 0 Å². The first kappa shape index (κ1) is 23.1. The average Bonchev–Trinajstić information content (AvgIpc) is 3.69. The van der Waals surface area contributed by atoms with E-state index in [1.54, 1.807) is 6.26 Å². The van der Waals surface area contributed by atoms with Crippen molar-refractivity contribution in [2.24, 2.45) is 0 Å². The average molecular weight is 537 g/mol. The van der Waals surface area contributed by atoms with Crippen molar-refractivity contribution in [3.63, 3.8) is 0 Å². The van der Waals surface area contributed by atoms with Crippen molar-refractivity contribution in [2.75, 3.05) is 0 Å². The molecule has 0 atom stereocenters. The number of furan rings is 2. The zero-order chi connectivity index (χ0) is 27.6. The predicted molar refractivity (Wildman–Crippen MR) is 175 cm³/mol. The van der Waals surface area contributed by atoms with Crippen molar-refractivity contribution >= 4 is 54.5 Å². The summed E-state index contributed by atoms with van der Waals surface area (Å²) in [5.41, 5.74) is 9.74. The molecule has 0 radical (unpaired) electrons. The van der Waals surface area contributed by atoms with E-state index in [4.69, 9.17) is 8.83 Å². The summed E-state index contributed by atoms with van der Waals surface area (Å²) in [6.45, 7) is 0. The summed E-state index contributed by atoms with van der Waals surface area (Å²) in [4.78, 5) is 0. The molecular formula is C40H24O2. The molecule has 9 rings (SSSR count). The lowest BCUT2D eigenvalue weighted by molar-refractivity contribution is 0.616. The quantitative estimate of drug-likeness (QED) is 0.210. The van der Waals surface area contributed by atoms with E-state index in [1.165, 1.54) is 43.8 Å². The van der Waals surface area contributed by atoms with E-state index in [-0.39, 0.29) is 0 Å². The monoisotopic (exact) mass is 536 g/mol. The summed E-state index contributed by atoms with van der Waals surface area (Å²) >= 11 is 0. The molecule has 9 aromatic rings. The van der Waals surface area contributed by atoms with Gasteiger partial charge in [-0.05, 0) is 67.6 Å². The predicted octanol–water partition coefficient (Wildman–Crippen LogP) is 11.6. The van der Waals surface area contributed by atoms with E-state index in [9.17, 15) is 0 Å². The number of fused-ring (bicyclic) bond motifs is 7. The van der Waals surface area contributed by atoms with Gasteiger partial charge < -0.3 is 8.83 Å². The van der Waals surface area contributed by atoms with Crippen molar-refractivity contribution < 1.29 is 8.83 Å². The van der Waals surface area contributed by atoms with E-state index in [2.05, 4.69) is 121 Å². The highest BCUT2D eigenvalue weighted by Gasteiger charge is 2.19. The number of para-hydroxylation sites is 1. The second-order valence-corrected chi connectivity index (χ2v) is 10.8. The topological polar surface area (TPSA) is 26.3 Å². The highest BCUT2D eigenvalue weighted by Crippen LogP contribution is 2.45. The number of hydrogen-bond donors (Lipinski definition) is 0. The molecule has 0 fully saturated rings. The molecule has 0 aliphatic rings. The minimum Gasteiger partial charge on any atom is -0.464 e. The van der Waals surface area contributed by atoms with Gasteiger partial charge in [0.25, 0.3) is 0 Å². The fraction of sp³-hybridized carbons (Fsp3) is 0. The Balaban J connectivity index is 1.27. The molecule has 2 heterocycles. The van der Waals surface area contributed by atoms with Crippen LogP contribution in [0.15, 0.2) is 155 Å². The number of rotatable bonds is 3. The Morgan fingerprint density at radius 2 is 0.881 bits per heavy atom. The number of benzene rings is 7. The highest BCUT2D eigenvalue weighted by atomic mass is 16.3. The molecule has 0 aliphatic heterocycles. The molecule has 2 aromatic heterocycles. The Morgan fingerprint density at radius 3 is 1.52 bits per heavy atom. The molecule has 196 valence electrons. The van der Waals surface area contributed by atoms with Crippen LogP contribution in [0.2, 0.25) is 0 Å². The molecule has 0 aliphatic carbocycles. The van der Waals surface area contributed by atoms with E-state index in [0.29, 0.717) is 0 Å². The lowest BCUT2D eigenvalue weighted by Gasteiger charge is -2.18. The van der Waals surface area contributed by atoms with Crippen molar-refractivity contribution in [2.45, 2.75) is 0 Å². The SMILES string of the molecule is c1ccc(-c2c3ccccc3c(-c3ccc(-c4cc5c6ccccc6oc5c5ccoc45)cc3)c3ccccc23)cc1. The van der Waals surface area contributed by atoms with Gasteiger partial charge in [-0.1, -0.05) is 121 Å². The number of hydrogen-bond acceptors (Lipinski definition) is 2. The summed E-state index contributed by atoms with van der Waals surface area (Å²) in [6.07, 6.45) is 1.75. The molecule has 0 saturated carbocycles. The molecule has 0 saturated heterocycles. The van der Waals surface area contributed by atoms with Gasteiger partial charge in [0.05, 0.1) is 11.6 Å². The maximum absolute atomic E-state index is 6.26. The van der Waals surface area contributed by atoms with Gasteiger partial charge in [0.1, 0.15) is 16.7 Å².